The highest BCUT2D eigenvalue weighted by atomic mass is 19.1. The molecule has 1 aliphatic carbocycles. The van der Waals surface area contributed by atoms with Crippen LogP contribution < -0.4 is 16.6 Å². The number of hydrazine groups is 1. The van der Waals surface area contributed by atoms with E-state index in [-0.39, 0.29) is 17.3 Å². The molecular formula is C13H17FN4O3. The number of amides is 1. The lowest BCUT2D eigenvalue weighted by Gasteiger charge is -2.22. The first-order chi connectivity index (χ1) is 10.0. The van der Waals surface area contributed by atoms with E-state index in [1.54, 1.807) is 0 Å². The summed E-state index contributed by atoms with van der Waals surface area (Å²) < 4.78 is 13.5. The van der Waals surface area contributed by atoms with Crippen molar-refractivity contribution in [3.63, 3.8) is 0 Å². The highest BCUT2D eigenvalue weighted by Crippen LogP contribution is 2.26. The fourth-order valence-corrected chi connectivity index (χ4v) is 2.52. The first-order valence-corrected chi connectivity index (χ1v) is 6.78. The van der Waals surface area contributed by atoms with Crippen LogP contribution in [0.3, 0.4) is 0 Å². The van der Waals surface area contributed by atoms with E-state index in [1.165, 1.54) is 0 Å². The molecule has 1 fully saturated rings. The van der Waals surface area contributed by atoms with Crippen molar-refractivity contribution in [1.29, 1.82) is 0 Å². The van der Waals surface area contributed by atoms with Gasteiger partial charge in [0.15, 0.2) is 5.82 Å². The van der Waals surface area contributed by atoms with Crippen LogP contribution in [-0.4, -0.2) is 16.9 Å². The fourth-order valence-electron chi connectivity index (χ4n) is 2.52. The van der Waals surface area contributed by atoms with Crippen molar-refractivity contribution in [2.75, 3.05) is 5.43 Å². The average molecular weight is 296 g/mol. The smallest absolute Gasteiger partial charge is 0.285 e. The van der Waals surface area contributed by atoms with Crippen LogP contribution in [0.15, 0.2) is 12.1 Å². The number of nitro groups is 1. The van der Waals surface area contributed by atoms with Gasteiger partial charge < -0.3 is 10.7 Å². The third kappa shape index (κ3) is 3.46. The lowest BCUT2D eigenvalue weighted by atomic mass is 9.95. The predicted octanol–water partition coefficient (Wildman–Crippen LogP) is 2.08. The summed E-state index contributed by atoms with van der Waals surface area (Å²) in [5.74, 6) is 3.68. The topological polar surface area (TPSA) is 110 Å². The van der Waals surface area contributed by atoms with Crippen molar-refractivity contribution < 1.29 is 14.1 Å². The minimum atomic E-state index is -0.876. The van der Waals surface area contributed by atoms with E-state index in [4.69, 9.17) is 5.84 Å². The van der Waals surface area contributed by atoms with Gasteiger partial charge in [-0.1, -0.05) is 19.3 Å². The summed E-state index contributed by atoms with van der Waals surface area (Å²) in [6.07, 6.45) is 4.87. The van der Waals surface area contributed by atoms with Crippen LogP contribution in [-0.2, 0) is 0 Å². The molecule has 0 unspecified atom stereocenters. The molecular weight excluding hydrogens is 279 g/mol. The molecule has 0 spiro atoms. The van der Waals surface area contributed by atoms with Crippen molar-refractivity contribution >= 4 is 17.3 Å². The molecule has 0 heterocycles. The first kappa shape index (κ1) is 15.2. The summed E-state index contributed by atoms with van der Waals surface area (Å²) in [6.45, 7) is 0. The van der Waals surface area contributed by atoms with E-state index in [0.29, 0.717) is 6.07 Å². The van der Waals surface area contributed by atoms with Gasteiger partial charge in [-0.05, 0) is 18.9 Å². The summed E-state index contributed by atoms with van der Waals surface area (Å²) in [5.41, 5.74) is 1.16. The van der Waals surface area contributed by atoms with E-state index in [1.807, 2.05) is 0 Å². The highest BCUT2D eigenvalue weighted by Gasteiger charge is 2.25. The zero-order valence-electron chi connectivity index (χ0n) is 11.4. The quantitative estimate of drug-likeness (QED) is 0.447. The Morgan fingerprint density at radius 2 is 2.00 bits per heavy atom. The number of hydrogen-bond acceptors (Lipinski definition) is 5. The van der Waals surface area contributed by atoms with E-state index < -0.39 is 22.3 Å². The largest absolute Gasteiger partial charge is 0.349 e. The molecule has 0 atom stereocenters. The Kier molecular flexibility index (Phi) is 4.69. The third-order valence-electron chi connectivity index (χ3n) is 3.62. The van der Waals surface area contributed by atoms with E-state index >= 15 is 0 Å². The maximum absolute atomic E-state index is 13.5. The molecule has 7 nitrogen and oxygen atoms in total. The van der Waals surface area contributed by atoms with Gasteiger partial charge in [-0.3, -0.25) is 20.8 Å². The van der Waals surface area contributed by atoms with E-state index in [2.05, 4.69) is 10.7 Å². The van der Waals surface area contributed by atoms with Crippen molar-refractivity contribution in [3.8, 4) is 0 Å². The zero-order chi connectivity index (χ0) is 15.4. The minimum Gasteiger partial charge on any atom is -0.349 e. The summed E-state index contributed by atoms with van der Waals surface area (Å²) in [4.78, 5) is 22.4. The molecule has 8 heteroatoms. The first-order valence-electron chi connectivity index (χ1n) is 6.78. The second kappa shape index (κ2) is 6.49. The molecule has 1 amide bonds. The Morgan fingerprint density at radius 3 is 2.57 bits per heavy atom. The summed E-state index contributed by atoms with van der Waals surface area (Å²) >= 11 is 0. The van der Waals surface area contributed by atoms with Gasteiger partial charge in [0, 0.05) is 6.04 Å². The number of nitrogen functional groups attached to an aromatic ring is 1. The molecule has 0 aliphatic heterocycles. The van der Waals surface area contributed by atoms with E-state index in [0.717, 1.165) is 38.2 Å². The number of nitrogens with two attached hydrogens (primary N) is 1. The predicted molar refractivity (Wildman–Crippen MR) is 75.2 cm³/mol. The van der Waals surface area contributed by atoms with Gasteiger partial charge in [-0.15, -0.1) is 0 Å². The van der Waals surface area contributed by atoms with Crippen LogP contribution in [0, 0.1) is 15.9 Å². The number of carbonyl (C=O) groups excluding carboxylic acids is 1. The number of nitrogens with one attached hydrogen (secondary N) is 2. The van der Waals surface area contributed by atoms with Crippen molar-refractivity contribution in [2.45, 2.75) is 38.1 Å². The van der Waals surface area contributed by atoms with E-state index in [9.17, 15) is 19.3 Å². The Labute approximate surface area is 120 Å². The molecule has 114 valence electrons. The van der Waals surface area contributed by atoms with Gasteiger partial charge in [0.05, 0.1) is 16.7 Å². The standard InChI is InChI=1S/C13H17FN4O3/c14-10-7-12(18(20)21)9(6-11(10)17-15)13(19)16-8-4-2-1-3-5-8/h6-8,17H,1-5,15H2,(H,16,19). The molecule has 0 radical (unpaired) electrons. The van der Waals surface area contributed by atoms with Crippen LogP contribution in [0.2, 0.25) is 0 Å². The normalized spacial score (nSPS) is 15.5. The van der Waals surface area contributed by atoms with Gasteiger partial charge >= 0.3 is 0 Å². The average Bonchev–Trinajstić information content (AvgIpc) is 2.47. The van der Waals surface area contributed by atoms with Crippen LogP contribution >= 0.6 is 0 Å². The number of nitro benzene ring substituents is 1. The molecule has 1 aliphatic rings. The summed E-state index contributed by atoms with van der Waals surface area (Å²) in [5, 5.41) is 13.7. The van der Waals surface area contributed by atoms with Crippen molar-refractivity contribution in [3.05, 3.63) is 33.6 Å². The molecule has 0 aromatic heterocycles. The number of nitrogens with zero attached hydrogens (tertiary/aromatic N) is 1. The monoisotopic (exact) mass is 296 g/mol. The molecule has 0 bridgehead atoms. The number of benzene rings is 1. The number of anilines is 1. The van der Waals surface area contributed by atoms with Gasteiger partial charge in [-0.25, -0.2) is 4.39 Å². The number of halogens is 1. The Balaban J connectivity index is 2.27. The molecule has 2 rings (SSSR count). The van der Waals surface area contributed by atoms with Gasteiger partial charge in [-0.2, -0.15) is 0 Å². The van der Waals surface area contributed by atoms with Crippen LogP contribution in [0.25, 0.3) is 0 Å². The highest BCUT2D eigenvalue weighted by molar-refractivity contribution is 5.99. The summed E-state index contributed by atoms with van der Waals surface area (Å²) in [7, 11) is 0. The second-order valence-electron chi connectivity index (χ2n) is 5.06. The summed E-state index contributed by atoms with van der Waals surface area (Å²) in [6, 6.07) is 1.77. The van der Waals surface area contributed by atoms with Crippen LogP contribution in [0.5, 0.6) is 0 Å². The molecule has 1 aromatic rings. The third-order valence-corrected chi connectivity index (χ3v) is 3.62. The number of carbonyl (C=O) groups is 1. The molecule has 4 N–H and O–H groups in total. The lowest BCUT2D eigenvalue weighted by molar-refractivity contribution is -0.385. The van der Waals surface area contributed by atoms with Crippen LogP contribution in [0.4, 0.5) is 15.8 Å². The Hall–Kier alpha value is -2.22. The van der Waals surface area contributed by atoms with Gasteiger partial charge in [0.2, 0.25) is 0 Å². The lowest BCUT2D eigenvalue weighted by Crippen LogP contribution is -2.36. The maximum Gasteiger partial charge on any atom is 0.285 e. The Bertz CT molecular complexity index is 559. The maximum atomic E-state index is 13.5. The van der Waals surface area contributed by atoms with Crippen molar-refractivity contribution in [1.82, 2.24) is 5.32 Å². The van der Waals surface area contributed by atoms with Crippen LogP contribution in [0.1, 0.15) is 42.5 Å². The molecule has 1 saturated carbocycles. The van der Waals surface area contributed by atoms with Crippen molar-refractivity contribution in [2.24, 2.45) is 5.84 Å². The van der Waals surface area contributed by atoms with Gasteiger partial charge in [0.1, 0.15) is 5.56 Å². The molecule has 0 saturated heterocycles. The molecule has 1 aromatic carbocycles. The minimum absolute atomic E-state index is 0.00481. The SMILES string of the molecule is NNc1cc(C(=O)NC2CCCCC2)c([N+](=O)[O-])cc1F. The van der Waals surface area contributed by atoms with Gasteiger partial charge in [0.25, 0.3) is 11.6 Å². The Morgan fingerprint density at radius 1 is 1.33 bits per heavy atom. The fraction of sp³-hybridized carbons (Fsp3) is 0.462. The zero-order valence-corrected chi connectivity index (χ0v) is 11.4. The second-order valence-corrected chi connectivity index (χ2v) is 5.06. The number of hydrogen-bond donors (Lipinski definition) is 3. The molecule has 21 heavy (non-hydrogen) atoms. The number of rotatable bonds is 4.